The lowest BCUT2D eigenvalue weighted by molar-refractivity contribution is 0.343. The first kappa shape index (κ1) is 13.1. The lowest BCUT2D eigenvalue weighted by atomic mass is 10.1. The molecule has 1 nitrogen and oxygen atoms in total. The molecule has 0 bridgehead atoms. The molecule has 0 spiro atoms. The molecule has 0 heterocycles. The first-order valence-corrected chi connectivity index (χ1v) is 6.25. The molecule has 94 valence electrons. The van der Waals surface area contributed by atoms with Crippen molar-refractivity contribution in [1.29, 1.82) is 0 Å². The molecule has 0 unspecified atom stereocenters. The van der Waals surface area contributed by atoms with Crippen molar-refractivity contribution in [3.05, 3.63) is 76.9 Å². The van der Waals surface area contributed by atoms with Crippen LogP contribution in [-0.4, -0.2) is 11.7 Å². The van der Waals surface area contributed by atoms with Gasteiger partial charge in [0, 0.05) is 11.1 Å². The fourth-order valence-electron chi connectivity index (χ4n) is 1.71. The van der Waals surface area contributed by atoms with Crippen molar-refractivity contribution in [2.24, 2.45) is 0 Å². The number of aliphatic hydroxyl groups excluding tert-OH is 1. The van der Waals surface area contributed by atoms with Crippen LogP contribution in [0.15, 0.2) is 54.6 Å². The normalized spacial score (nSPS) is 10.2. The summed E-state index contributed by atoms with van der Waals surface area (Å²) in [5.74, 6) is 6.33. The first-order valence-electron chi connectivity index (χ1n) is 6.25. The largest absolute Gasteiger partial charge is 0.392 e. The summed E-state index contributed by atoms with van der Waals surface area (Å²) >= 11 is 0. The Morgan fingerprint density at radius 1 is 1.00 bits per heavy atom. The predicted octanol–water partition coefficient (Wildman–Crippen LogP) is 3.40. The number of hydrogen-bond acceptors (Lipinski definition) is 1. The zero-order valence-corrected chi connectivity index (χ0v) is 10.9. The van der Waals surface area contributed by atoms with Crippen LogP contribution in [0.25, 0.3) is 6.08 Å². The maximum atomic E-state index is 8.83. The van der Waals surface area contributed by atoms with Crippen LogP contribution in [0, 0.1) is 18.8 Å². The predicted molar refractivity (Wildman–Crippen MR) is 79.7 cm³/mol. The van der Waals surface area contributed by atoms with Gasteiger partial charge in [0.1, 0.15) is 0 Å². The SMILES string of the molecule is Cc1ccc(C#Cc2ccccc2/C=C/CO)cc1. The smallest absolute Gasteiger partial charge is 0.0615 e. The number of rotatable bonds is 2. The van der Waals surface area contributed by atoms with Crippen LogP contribution in [-0.2, 0) is 0 Å². The molecule has 0 amide bonds. The molecule has 2 aromatic rings. The summed E-state index contributed by atoms with van der Waals surface area (Å²) in [6.45, 7) is 2.10. The van der Waals surface area contributed by atoms with Gasteiger partial charge in [-0.05, 0) is 30.7 Å². The molecule has 0 radical (unpaired) electrons. The molecule has 0 saturated carbocycles. The van der Waals surface area contributed by atoms with Gasteiger partial charge in [0.05, 0.1) is 6.61 Å². The molecule has 2 rings (SSSR count). The van der Waals surface area contributed by atoms with Crippen LogP contribution < -0.4 is 0 Å². The van der Waals surface area contributed by atoms with Gasteiger partial charge in [-0.3, -0.25) is 0 Å². The molecule has 2 aromatic carbocycles. The van der Waals surface area contributed by atoms with Crippen LogP contribution in [0.4, 0.5) is 0 Å². The Morgan fingerprint density at radius 2 is 1.74 bits per heavy atom. The standard InChI is InChI=1S/C18H16O/c1-15-8-10-16(11-9-15)12-13-18-6-3-2-5-17(18)7-4-14-19/h2-11,19H,14H2,1H3/b7-4+. The molecule has 0 aliphatic heterocycles. The average molecular weight is 248 g/mol. The van der Waals surface area contributed by atoms with Crippen molar-refractivity contribution in [1.82, 2.24) is 0 Å². The van der Waals surface area contributed by atoms with E-state index in [-0.39, 0.29) is 6.61 Å². The molecular formula is C18H16O. The van der Waals surface area contributed by atoms with Crippen molar-refractivity contribution in [2.45, 2.75) is 6.92 Å². The van der Waals surface area contributed by atoms with Crippen LogP contribution in [0.2, 0.25) is 0 Å². The molecule has 1 heteroatoms. The van der Waals surface area contributed by atoms with E-state index in [1.54, 1.807) is 6.08 Å². The van der Waals surface area contributed by atoms with Gasteiger partial charge < -0.3 is 5.11 Å². The quantitative estimate of drug-likeness (QED) is 0.808. The van der Waals surface area contributed by atoms with E-state index in [0.29, 0.717) is 0 Å². The molecule has 0 aliphatic carbocycles. The fourth-order valence-corrected chi connectivity index (χ4v) is 1.71. The minimum absolute atomic E-state index is 0.0414. The van der Waals surface area contributed by atoms with E-state index in [0.717, 1.165) is 16.7 Å². The summed E-state index contributed by atoms with van der Waals surface area (Å²) in [7, 11) is 0. The molecule has 1 N–H and O–H groups in total. The summed E-state index contributed by atoms with van der Waals surface area (Å²) in [6.07, 6.45) is 3.60. The van der Waals surface area contributed by atoms with Gasteiger partial charge in [-0.15, -0.1) is 0 Å². The highest BCUT2D eigenvalue weighted by molar-refractivity contribution is 5.60. The topological polar surface area (TPSA) is 20.2 Å². The van der Waals surface area contributed by atoms with Crippen molar-refractivity contribution in [3.63, 3.8) is 0 Å². The molecule has 19 heavy (non-hydrogen) atoms. The molecule has 0 atom stereocenters. The van der Waals surface area contributed by atoms with Gasteiger partial charge in [-0.1, -0.05) is 59.9 Å². The van der Waals surface area contributed by atoms with Gasteiger partial charge in [-0.2, -0.15) is 0 Å². The Labute approximate surface area is 114 Å². The van der Waals surface area contributed by atoms with E-state index in [2.05, 4.69) is 30.9 Å². The van der Waals surface area contributed by atoms with Gasteiger partial charge >= 0.3 is 0 Å². The summed E-state index contributed by atoms with van der Waals surface area (Å²) in [5.41, 5.74) is 4.23. The number of aryl methyl sites for hydroxylation is 1. The maximum Gasteiger partial charge on any atom is 0.0615 e. The molecule has 0 saturated heterocycles. The van der Waals surface area contributed by atoms with Crippen molar-refractivity contribution >= 4 is 6.08 Å². The molecular weight excluding hydrogens is 232 g/mol. The van der Waals surface area contributed by atoms with Gasteiger partial charge in [-0.25, -0.2) is 0 Å². The number of aliphatic hydroxyl groups is 1. The van der Waals surface area contributed by atoms with E-state index in [1.807, 2.05) is 42.5 Å². The summed E-state index contributed by atoms with van der Waals surface area (Å²) in [6, 6.07) is 16.1. The second-order valence-electron chi connectivity index (χ2n) is 4.29. The summed E-state index contributed by atoms with van der Waals surface area (Å²) < 4.78 is 0. The van der Waals surface area contributed by atoms with Crippen LogP contribution in [0.1, 0.15) is 22.3 Å². The lowest BCUT2D eigenvalue weighted by Gasteiger charge is -1.97. The Balaban J connectivity index is 2.29. The number of hydrogen-bond donors (Lipinski definition) is 1. The van der Waals surface area contributed by atoms with Crippen molar-refractivity contribution < 1.29 is 5.11 Å². The Hall–Kier alpha value is -2.30. The van der Waals surface area contributed by atoms with Crippen molar-refractivity contribution in [2.75, 3.05) is 6.61 Å². The van der Waals surface area contributed by atoms with E-state index in [4.69, 9.17) is 5.11 Å². The molecule has 0 aliphatic rings. The van der Waals surface area contributed by atoms with Crippen LogP contribution in [0.5, 0.6) is 0 Å². The second kappa shape index (κ2) is 6.58. The zero-order valence-electron chi connectivity index (χ0n) is 10.9. The Bertz CT molecular complexity index is 625. The van der Waals surface area contributed by atoms with E-state index < -0.39 is 0 Å². The van der Waals surface area contributed by atoms with Gasteiger partial charge in [0.15, 0.2) is 0 Å². The zero-order chi connectivity index (χ0) is 13.5. The highest BCUT2D eigenvalue weighted by Gasteiger charge is 1.94. The third-order valence-corrected chi connectivity index (χ3v) is 2.76. The van der Waals surface area contributed by atoms with Crippen molar-refractivity contribution in [3.8, 4) is 11.8 Å². The minimum atomic E-state index is 0.0414. The Morgan fingerprint density at radius 3 is 2.47 bits per heavy atom. The summed E-state index contributed by atoms with van der Waals surface area (Å²) in [4.78, 5) is 0. The van der Waals surface area contributed by atoms with E-state index in [1.165, 1.54) is 5.56 Å². The van der Waals surface area contributed by atoms with Gasteiger partial charge in [0.2, 0.25) is 0 Å². The lowest BCUT2D eigenvalue weighted by Crippen LogP contribution is -1.82. The van der Waals surface area contributed by atoms with E-state index >= 15 is 0 Å². The number of benzene rings is 2. The maximum absolute atomic E-state index is 8.83. The highest BCUT2D eigenvalue weighted by Crippen LogP contribution is 2.10. The first-order chi connectivity index (χ1) is 9.29. The monoisotopic (exact) mass is 248 g/mol. The average Bonchev–Trinajstić information content (AvgIpc) is 2.45. The highest BCUT2D eigenvalue weighted by atomic mass is 16.2. The van der Waals surface area contributed by atoms with E-state index in [9.17, 15) is 0 Å². The van der Waals surface area contributed by atoms with Crippen LogP contribution in [0.3, 0.4) is 0 Å². The molecule has 0 aromatic heterocycles. The third-order valence-electron chi connectivity index (χ3n) is 2.76. The summed E-state index contributed by atoms with van der Waals surface area (Å²) in [5, 5.41) is 8.83. The minimum Gasteiger partial charge on any atom is -0.392 e. The third kappa shape index (κ3) is 3.84. The van der Waals surface area contributed by atoms with Gasteiger partial charge in [0.25, 0.3) is 0 Å². The second-order valence-corrected chi connectivity index (χ2v) is 4.29. The Kier molecular flexibility index (Phi) is 4.55. The van der Waals surface area contributed by atoms with Crippen LogP contribution >= 0.6 is 0 Å². The molecule has 0 fully saturated rings. The fraction of sp³-hybridized carbons (Fsp3) is 0.111.